The number of nitrogens with zero attached hydrogens (tertiary/aromatic N) is 3. The maximum atomic E-state index is 10.5. The van der Waals surface area contributed by atoms with Gasteiger partial charge >= 0.3 is 0 Å². The van der Waals surface area contributed by atoms with Crippen LogP contribution in [0, 0.1) is 13.8 Å². The Morgan fingerprint density at radius 3 is 2.66 bits per heavy atom. The molecular formula is C21H34IN5O2. The number of ether oxygens (including phenoxy) is 1. The first kappa shape index (κ1) is 25.2. The highest BCUT2D eigenvalue weighted by Crippen LogP contribution is 2.19. The van der Waals surface area contributed by atoms with Gasteiger partial charge in [0, 0.05) is 25.3 Å². The van der Waals surface area contributed by atoms with Gasteiger partial charge in [0.15, 0.2) is 5.96 Å². The fourth-order valence-electron chi connectivity index (χ4n) is 3.16. The molecule has 0 saturated heterocycles. The molecule has 29 heavy (non-hydrogen) atoms. The maximum absolute atomic E-state index is 10.5. The first-order chi connectivity index (χ1) is 13.3. The molecule has 2 unspecified atom stereocenters. The predicted octanol–water partition coefficient (Wildman–Crippen LogP) is 2.88. The molecule has 1 aromatic carbocycles. The summed E-state index contributed by atoms with van der Waals surface area (Å²) in [6, 6.07) is 7.60. The minimum absolute atomic E-state index is 0. The molecule has 0 fully saturated rings. The number of aliphatic imine (C=N–C) groups is 1. The molecular weight excluding hydrogens is 481 g/mol. The zero-order valence-corrected chi connectivity index (χ0v) is 20.5. The highest BCUT2D eigenvalue weighted by Gasteiger charge is 2.14. The molecule has 2 atom stereocenters. The number of aromatic nitrogens is 2. The Hall–Kier alpha value is -1.81. The van der Waals surface area contributed by atoms with E-state index < -0.39 is 6.10 Å². The summed E-state index contributed by atoms with van der Waals surface area (Å²) in [6.45, 7) is 9.29. The van der Waals surface area contributed by atoms with E-state index in [1.165, 1.54) is 11.3 Å². The van der Waals surface area contributed by atoms with Crippen molar-refractivity contribution < 1.29 is 9.84 Å². The summed E-state index contributed by atoms with van der Waals surface area (Å²) >= 11 is 0. The van der Waals surface area contributed by atoms with Crippen molar-refractivity contribution in [1.29, 1.82) is 0 Å². The van der Waals surface area contributed by atoms with E-state index in [-0.39, 0.29) is 36.6 Å². The number of aliphatic hydroxyl groups is 1. The number of aryl methyl sites for hydroxylation is 2. The van der Waals surface area contributed by atoms with Gasteiger partial charge in [-0.15, -0.1) is 24.0 Å². The Bertz CT molecular complexity index is 806. The molecule has 8 heteroatoms. The summed E-state index contributed by atoms with van der Waals surface area (Å²) < 4.78 is 7.14. The zero-order chi connectivity index (χ0) is 20.7. The first-order valence-electron chi connectivity index (χ1n) is 9.71. The molecule has 7 nitrogen and oxygen atoms in total. The monoisotopic (exact) mass is 515 g/mol. The number of hydrogen-bond donors (Lipinski definition) is 3. The molecule has 162 valence electrons. The number of hydrogen-bond acceptors (Lipinski definition) is 4. The van der Waals surface area contributed by atoms with Gasteiger partial charge in [0.05, 0.1) is 25.5 Å². The normalized spacial score (nSPS) is 13.4. The SMILES string of the molecule is CCNC(=NCC(O)c1cccc(OC)c1)NC(C)Cc1c(C)nn(C)c1C.I. The smallest absolute Gasteiger partial charge is 0.191 e. The van der Waals surface area contributed by atoms with Gasteiger partial charge in [0.2, 0.25) is 0 Å². The lowest BCUT2D eigenvalue weighted by Gasteiger charge is -2.19. The largest absolute Gasteiger partial charge is 0.497 e. The van der Waals surface area contributed by atoms with Gasteiger partial charge in [-0.25, -0.2) is 0 Å². The van der Waals surface area contributed by atoms with Crippen LogP contribution in [0.2, 0.25) is 0 Å². The molecule has 0 aliphatic carbocycles. The summed E-state index contributed by atoms with van der Waals surface area (Å²) in [4.78, 5) is 4.56. The Morgan fingerprint density at radius 1 is 1.34 bits per heavy atom. The summed E-state index contributed by atoms with van der Waals surface area (Å²) in [5.74, 6) is 1.41. The fraction of sp³-hybridized carbons (Fsp3) is 0.524. The summed E-state index contributed by atoms with van der Waals surface area (Å²) in [5, 5.41) is 21.6. The molecule has 0 spiro atoms. The Labute approximate surface area is 191 Å². The Morgan fingerprint density at radius 2 is 2.07 bits per heavy atom. The van der Waals surface area contributed by atoms with Crippen LogP contribution in [0.1, 0.15) is 42.5 Å². The average molecular weight is 515 g/mol. The lowest BCUT2D eigenvalue weighted by molar-refractivity contribution is 0.186. The van der Waals surface area contributed by atoms with E-state index in [0.717, 1.165) is 30.0 Å². The van der Waals surface area contributed by atoms with Crippen LogP contribution in [0.3, 0.4) is 0 Å². The van der Waals surface area contributed by atoms with Crippen molar-refractivity contribution >= 4 is 29.9 Å². The van der Waals surface area contributed by atoms with Crippen molar-refractivity contribution in [2.45, 2.75) is 46.3 Å². The lowest BCUT2D eigenvalue weighted by Crippen LogP contribution is -2.43. The van der Waals surface area contributed by atoms with Crippen molar-refractivity contribution in [1.82, 2.24) is 20.4 Å². The number of halogens is 1. The zero-order valence-electron chi connectivity index (χ0n) is 18.2. The topological polar surface area (TPSA) is 83.7 Å². The van der Waals surface area contributed by atoms with Crippen LogP contribution >= 0.6 is 24.0 Å². The van der Waals surface area contributed by atoms with E-state index in [1.54, 1.807) is 7.11 Å². The van der Waals surface area contributed by atoms with E-state index in [1.807, 2.05) is 49.8 Å². The van der Waals surface area contributed by atoms with Crippen molar-refractivity contribution in [2.24, 2.45) is 12.0 Å². The molecule has 0 bridgehead atoms. The fourth-order valence-corrected chi connectivity index (χ4v) is 3.16. The second kappa shape index (κ2) is 12.0. The number of guanidine groups is 1. The van der Waals surface area contributed by atoms with E-state index in [0.29, 0.717) is 5.96 Å². The number of methoxy groups -OCH3 is 1. The quantitative estimate of drug-likeness (QED) is 0.286. The third-order valence-corrected chi connectivity index (χ3v) is 4.80. The van der Waals surface area contributed by atoms with Crippen molar-refractivity contribution in [3.63, 3.8) is 0 Å². The number of rotatable bonds is 8. The lowest BCUT2D eigenvalue weighted by atomic mass is 10.1. The number of nitrogens with one attached hydrogen (secondary N) is 2. The van der Waals surface area contributed by atoms with Gasteiger partial charge in [-0.05, 0) is 57.4 Å². The standard InChI is InChI=1S/C21H33N5O2.HI/c1-7-22-21(23-13-20(27)17-9-8-10-18(12-17)28-6)24-14(2)11-19-15(3)25-26(5)16(19)4;/h8-10,12,14,20,27H,7,11,13H2,1-6H3,(H2,22,23,24);1H. The molecule has 1 aromatic heterocycles. The van der Waals surface area contributed by atoms with E-state index in [4.69, 9.17) is 4.74 Å². The van der Waals surface area contributed by atoms with Gasteiger partial charge in [-0.3, -0.25) is 9.67 Å². The van der Waals surface area contributed by atoms with Crippen LogP contribution in [0.25, 0.3) is 0 Å². The van der Waals surface area contributed by atoms with Crippen molar-refractivity contribution in [3.8, 4) is 5.75 Å². The second-order valence-corrected chi connectivity index (χ2v) is 7.03. The molecule has 2 aromatic rings. The van der Waals surface area contributed by atoms with Crippen LogP contribution in [0.4, 0.5) is 0 Å². The van der Waals surface area contributed by atoms with Crippen LogP contribution in [-0.4, -0.2) is 47.1 Å². The van der Waals surface area contributed by atoms with Crippen molar-refractivity contribution in [2.75, 3.05) is 20.2 Å². The minimum atomic E-state index is -0.691. The highest BCUT2D eigenvalue weighted by atomic mass is 127. The third kappa shape index (κ3) is 7.18. The van der Waals surface area contributed by atoms with Gasteiger partial charge in [0.1, 0.15) is 5.75 Å². The molecule has 0 saturated carbocycles. The predicted molar refractivity (Wildman–Crippen MR) is 128 cm³/mol. The van der Waals surface area contributed by atoms with Crippen LogP contribution < -0.4 is 15.4 Å². The van der Waals surface area contributed by atoms with Crippen molar-refractivity contribution in [3.05, 3.63) is 46.8 Å². The minimum Gasteiger partial charge on any atom is -0.497 e. The molecule has 3 N–H and O–H groups in total. The number of benzene rings is 1. The maximum Gasteiger partial charge on any atom is 0.191 e. The Balaban J connectivity index is 0.00000420. The van der Waals surface area contributed by atoms with Gasteiger partial charge < -0.3 is 20.5 Å². The molecule has 0 radical (unpaired) electrons. The molecule has 0 aliphatic rings. The molecule has 1 heterocycles. The van der Waals surface area contributed by atoms with E-state index in [2.05, 4.69) is 34.6 Å². The summed E-state index contributed by atoms with van der Waals surface area (Å²) in [5.41, 5.74) is 4.29. The number of aliphatic hydroxyl groups excluding tert-OH is 1. The van der Waals surface area contributed by atoms with Crippen LogP contribution in [-0.2, 0) is 13.5 Å². The van der Waals surface area contributed by atoms with Gasteiger partial charge in [0.25, 0.3) is 0 Å². The first-order valence-corrected chi connectivity index (χ1v) is 9.71. The van der Waals surface area contributed by atoms with Crippen LogP contribution in [0.15, 0.2) is 29.3 Å². The average Bonchev–Trinajstić information content (AvgIpc) is 2.92. The molecule has 2 rings (SSSR count). The Kier molecular flexibility index (Phi) is 10.5. The molecule has 0 aliphatic heterocycles. The third-order valence-electron chi connectivity index (χ3n) is 4.80. The van der Waals surface area contributed by atoms with Gasteiger partial charge in [-0.1, -0.05) is 12.1 Å². The van der Waals surface area contributed by atoms with E-state index in [9.17, 15) is 5.11 Å². The second-order valence-electron chi connectivity index (χ2n) is 7.03. The summed E-state index contributed by atoms with van der Waals surface area (Å²) in [6.07, 6.45) is 0.164. The van der Waals surface area contributed by atoms with Crippen LogP contribution in [0.5, 0.6) is 5.75 Å². The summed E-state index contributed by atoms with van der Waals surface area (Å²) in [7, 11) is 3.58. The van der Waals surface area contributed by atoms with E-state index >= 15 is 0 Å². The van der Waals surface area contributed by atoms with Gasteiger partial charge in [-0.2, -0.15) is 5.10 Å². The highest BCUT2D eigenvalue weighted by molar-refractivity contribution is 14.0. The molecule has 0 amide bonds.